The SMILES string of the molecule is CC1=C[CH]([Hf+2])c2ccccc21.[Cl-].[Cl-]. The molecule has 0 nitrogen and oxygen atoms in total. The third-order valence-electron chi connectivity index (χ3n) is 2.14. The fourth-order valence-corrected chi connectivity index (χ4v) is 3.36. The Labute approximate surface area is 106 Å². The molecule has 0 heterocycles. The number of hydrogen-bond donors (Lipinski definition) is 0. The molecule has 0 radical (unpaired) electrons. The van der Waals surface area contributed by atoms with Gasteiger partial charge in [0.05, 0.1) is 0 Å². The van der Waals surface area contributed by atoms with Crippen LogP contribution in [-0.2, 0) is 24.4 Å². The van der Waals surface area contributed by atoms with E-state index in [1.54, 1.807) is 0 Å². The van der Waals surface area contributed by atoms with Crippen molar-refractivity contribution in [1.82, 2.24) is 0 Å². The summed E-state index contributed by atoms with van der Waals surface area (Å²) in [5.41, 5.74) is 4.46. The van der Waals surface area contributed by atoms with Crippen LogP contribution in [0.4, 0.5) is 0 Å². The minimum absolute atomic E-state index is 0. The van der Waals surface area contributed by atoms with E-state index in [9.17, 15) is 0 Å². The van der Waals surface area contributed by atoms with Gasteiger partial charge in [-0.2, -0.15) is 0 Å². The van der Waals surface area contributed by atoms with Crippen LogP contribution >= 0.6 is 0 Å². The standard InChI is InChI=1S/C10H9.2ClH.Hf/c1-8-6-7-9-4-2-3-5-10(8)9;;;/h2-7H,1H3;2*1H;/q;;;+2/p-2. The van der Waals surface area contributed by atoms with E-state index in [-0.39, 0.29) is 24.8 Å². The summed E-state index contributed by atoms with van der Waals surface area (Å²) in [6.45, 7) is 2.21. The van der Waals surface area contributed by atoms with Crippen molar-refractivity contribution in [3.63, 3.8) is 0 Å². The molecule has 0 spiro atoms. The van der Waals surface area contributed by atoms with Gasteiger partial charge < -0.3 is 24.8 Å². The van der Waals surface area contributed by atoms with Crippen molar-refractivity contribution in [2.75, 3.05) is 0 Å². The monoisotopic (exact) mass is 379 g/mol. The molecule has 13 heavy (non-hydrogen) atoms. The van der Waals surface area contributed by atoms with Crippen LogP contribution in [0.2, 0.25) is 0 Å². The third kappa shape index (κ3) is 2.45. The third-order valence-corrected chi connectivity index (χ3v) is 3.85. The summed E-state index contributed by atoms with van der Waals surface area (Å²) in [6.07, 6.45) is 2.39. The van der Waals surface area contributed by atoms with Crippen LogP contribution in [-0.4, -0.2) is 0 Å². The van der Waals surface area contributed by atoms with Gasteiger partial charge in [0.1, 0.15) is 0 Å². The number of fused-ring (bicyclic) bond motifs is 1. The first-order valence-corrected chi connectivity index (χ1v) is 5.85. The normalized spacial score (nSPS) is 18.1. The number of rotatable bonds is 0. The molecular formula is C10H9Cl2Hf. The van der Waals surface area contributed by atoms with E-state index in [1.165, 1.54) is 41.1 Å². The fraction of sp³-hybridized carbons (Fsp3) is 0.200. The summed E-state index contributed by atoms with van der Waals surface area (Å²) in [4.78, 5) is 0. The fourth-order valence-electron chi connectivity index (χ4n) is 1.56. The number of allylic oxidation sites excluding steroid dienone is 2. The van der Waals surface area contributed by atoms with Gasteiger partial charge in [-0.15, -0.1) is 0 Å². The number of halogens is 2. The number of hydrogen-bond acceptors (Lipinski definition) is 0. The molecule has 1 aromatic carbocycles. The van der Waals surface area contributed by atoms with E-state index in [4.69, 9.17) is 0 Å². The van der Waals surface area contributed by atoms with Gasteiger partial charge in [0.15, 0.2) is 0 Å². The maximum absolute atomic E-state index is 2.39. The van der Waals surface area contributed by atoms with Gasteiger partial charge in [-0.05, 0) is 0 Å². The van der Waals surface area contributed by atoms with Gasteiger partial charge in [0.2, 0.25) is 0 Å². The molecule has 1 aliphatic rings. The Morgan fingerprint density at radius 2 is 1.77 bits per heavy atom. The van der Waals surface area contributed by atoms with Crippen molar-refractivity contribution in [2.45, 2.75) is 10.6 Å². The molecule has 0 aromatic heterocycles. The second-order valence-electron chi connectivity index (χ2n) is 2.91. The smallest absolute Gasteiger partial charge is 1.00 e. The van der Waals surface area contributed by atoms with Crippen molar-refractivity contribution in [2.24, 2.45) is 0 Å². The van der Waals surface area contributed by atoms with E-state index in [2.05, 4.69) is 37.3 Å². The molecule has 0 fully saturated rings. The van der Waals surface area contributed by atoms with Gasteiger partial charge in [-0.1, -0.05) is 0 Å². The molecule has 2 rings (SSSR count). The minimum atomic E-state index is 0. The van der Waals surface area contributed by atoms with Gasteiger partial charge in [0, 0.05) is 0 Å². The van der Waals surface area contributed by atoms with E-state index in [0.29, 0.717) is 0 Å². The van der Waals surface area contributed by atoms with E-state index < -0.39 is 0 Å². The van der Waals surface area contributed by atoms with Crippen molar-refractivity contribution >= 4 is 5.57 Å². The Morgan fingerprint density at radius 1 is 1.15 bits per heavy atom. The molecule has 0 saturated carbocycles. The van der Waals surface area contributed by atoms with Crippen LogP contribution in [0.1, 0.15) is 21.7 Å². The minimum Gasteiger partial charge on any atom is -1.00 e. The summed E-state index contributed by atoms with van der Waals surface area (Å²) in [5.74, 6) is 0. The van der Waals surface area contributed by atoms with Crippen molar-refractivity contribution in [3.05, 3.63) is 41.5 Å². The van der Waals surface area contributed by atoms with Crippen molar-refractivity contribution in [3.8, 4) is 0 Å². The summed E-state index contributed by atoms with van der Waals surface area (Å²) in [7, 11) is 0. The van der Waals surface area contributed by atoms with E-state index in [0.717, 1.165) is 3.67 Å². The van der Waals surface area contributed by atoms with Gasteiger partial charge >= 0.3 is 82.0 Å². The van der Waals surface area contributed by atoms with Crippen LogP contribution in [0.25, 0.3) is 5.57 Å². The molecule has 3 heteroatoms. The van der Waals surface area contributed by atoms with Crippen LogP contribution in [0.15, 0.2) is 30.3 Å². The summed E-state index contributed by atoms with van der Waals surface area (Å²) < 4.78 is 0.756. The summed E-state index contributed by atoms with van der Waals surface area (Å²) >= 11 is 1.24. The second kappa shape index (κ2) is 5.33. The molecule has 1 unspecified atom stereocenters. The second-order valence-corrected chi connectivity index (χ2v) is 5.15. The molecule has 67 valence electrons. The average Bonchev–Trinajstić information content (AvgIpc) is 2.30. The van der Waals surface area contributed by atoms with Gasteiger partial charge in [0.25, 0.3) is 0 Å². The zero-order valence-electron chi connectivity index (χ0n) is 7.22. The van der Waals surface area contributed by atoms with Crippen LogP contribution < -0.4 is 24.8 Å². The molecular weight excluding hydrogens is 370 g/mol. The molecule has 0 amide bonds. The largest absolute Gasteiger partial charge is 1.00 e. The Balaban J connectivity index is 0.000000720. The Kier molecular flexibility index (Phi) is 5.50. The average molecular weight is 379 g/mol. The molecule has 1 atom stereocenters. The molecule has 1 aromatic rings. The van der Waals surface area contributed by atoms with Crippen LogP contribution in [0.3, 0.4) is 0 Å². The van der Waals surface area contributed by atoms with Gasteiger partial charge in [-0.3, -0.25) is 0 Å². The Bertz CT molecular complexity index is 320. The summed E-state index contributed by atoms with van der Waals surface area (Å²) in [6, 6.07) is 8.73. The first-order valence-electron chi connectivity index (χ1n) is 3.78. The van der Waals surface area contributed by atoms with Gasteiger partial charge in [-0.25, -0.2) is 0 Å². The summed E-state index contributed by atoms with van der Waals surface area (Å²) in [5, 5.41) is 0. The molecule has 0 N–H and O–H groups in total. The maximum atomic E-state index is 2.39. The van der Waals surface area contributed by atoms with Crippen LogP contribution in [0, 0.1) is 0 Å². The molecule has 0 saturated heterocycles. The first-order chi connectivity index (χ1) is 5.29. The Hall–Kier alpha value is 0.410. The van der Waals surface area contributed by atoms with Crippen LogP contribution in [0.5, 0.6) is 0 Å². The van der Waals surface area contributed by atoms with E-state index >= 15 is 0 Å². The predicted octanol–water partition coefficient (Wildman–Crippen LogP) is -3.30. The van der Waals surface area contributed by atoms with Crippen molar-refractivity contribution in [1.29, 1.82) is 0 Å². The zero-order valence-corrected chi connectivity index (χ0v) is 12.3. The first kappa shape index (κ1) is 13.4. The maximum Gasteiger partial charge on any atom is -1.00 e. The quantitative estimate of drug-likeness (QED) is 0.415. The molecule has 1 aliphatic carbocycles. The number of benzene rings is 1. The molecule has 0 aliphatic heterocycles. The zero-order chi connectivity index (χ0) is 7.84. The topological polar surface area (TPSA) is 0 Å². The molecule has 0 bridgehead atoms. The predicted molar refractivity (Wildman–Crippen MR) is 42.8 cm³/mol. The Morgan fingerprint density at radius 3 is 2.38 bits per heavy atom. The van der Waals surface area contributed by atoms with E-state index in [1.807, 2.05) is 0 Å². The van der Waals surface area contributed by atoms with Crippen molar-refractivity contribution < 1.29 is 49.2 Å².